The average Bonchev–Trinajstić information content (AvgIpc) is 2.70. The van der Waals surface area contributed by atoms with E-state index in [1.807, 2.05) is 0 Å². The van der Waals surface area contributed by atoms with E-state index in [4.69, 9.17) is 5.73 Å². The Bertz CT molecular complexity index is 387. The molecule has 1 aliphatic heterocycles. The van der Waals surface area contributed by atoms with Crippen molar-refractivity contribution in [3.05, 3.63) is 0 Å². The van der Waals surface area contributed by atoms with Gasteiger partial charge in [-0.1, -0.05) is 27.7 Å². The van der Waals surface area contributed by atoms with Crippen molar-refractivity contribution < 1.29 is 9.59 Å². The maximum atomic E-state index is 12.1. The molecule has 5 nitrogen and oxygen atoms in total. The summed E-state index contributed by atoms with van der Waals surface area (Å²) in [5.41, 5.74) is 5.96. The summed E-state index contributed by atoms with van der Waals surface area (Å²) in [5.74, 6) is 0.00674. The Morgan fingerprint density at radius 2 is 1.95 bits per heavy atom. The lowest BCUT2D eigenvalue weighted by atomic mass is 9.48. The van der Waals surface area contributed by atoms with E-state index in [1.54, 1.807) is 4.90 Å². The zero-order valence-electron chi connectivity index (χ0n) is 12.3. The molecule has 0 spiro atoms. The number of nitrogens with two attached hydrogens (primary N) is 1. The van der Waals surface area contributed by atoms with E-state index in [9.17, 15) is 9.59 Å². The van der Waals surface area contributed by atoms with Crippen LogP contribution in [0.25, 0.3) is 0 Å². The minimum Gasteiger partial charge on any atom is -0.351 e. The molecule has 0 unspecified atom stereocenters. The molecule has 2 fully saturated rings. The minimum atomic E-state index is -0.103. The standard InChI is InChI=1S/C14H25N3O2/c1-13(2)11(15)14(3,4)12(13)16-9(18)8-17-7-5-6-10(17)19/h11-12H,5-8,15H2,1-4H3,(H,16,18). The van der Waals surface area contributed by atoms with E-state index in [0.29, 0.717) is 13.0 Å². The van der Waals surface area contributed by atoms with Gasteiger partial charge in [-0.15, -0.1) is 0 Å². The molecule has 3 N–H and O–H groups in total. The monoisotopic (exact) mass is 267 g/mol. The Labute approximate surface area is 114 Å². The van der Waals surface area contributed by atoms with Crippen molar-refractivity contribution in [3.63, 3.8) is 0 Å². The molecule has 0 aromatic carbocycles. The molecule has 2 rings (SSSR count). The molecule has 5 heteroatoms. The van der Waals surface area contributed by atoms with Gasteiger partial charge in [0.25, 0.3) is 0 Å². The highest BCUT2D eigenvalue weighted by molar-refractivity contribution is 5.86. The predicted octanol–water partition coefficient (Wildman–Crippen LogP) is 0.487. The van der Waals surface area contributed by atoms with Crippen molar-refractivity contribution in [2.75, 3.05) is 13.1 Å². The first-order valence-corrected chi connectivity index (χ1v) is 7.00. The Kier molecular flexibility index (Phi) is 3.37. The number of amides is 2. The quantitative estimate of drug-likeness (QED) is 0.781. The van der Waals surface area contributed by atoms with E-state index < -0.39 is 0 Å². The van der Waals surface area contributed by atoms with Crippen LogP contribution in [0.2, 0.25) is 0 Å². The Morgan fingerprint density at radius 1 is 1.37 bits per heavy atom. The van der Waals surface area contributed by atoms with Crippen molar-refractivity contribution in [1.29, 1.82) is 0 Å². The van der Waals surface area contributed by atoms with E-state index >= 15 is 0 Å². The summed E-state index contributed by atoms with van der Waals surface area (Å²) in [7, 11) is 0. The molecule has 0 bridgehead atoms. The van der Waals surface area contributed by atoms with Crippen molar-refractivity contribution in [2.45, 2.75) is 52.6 Å². The zero-order chi connectivity index (χ0) is 14.4. The van der Waals surface area contributed by atoms with Gasteiger partial charge in [0.2, 0.25) is 11.8 Å². The van der Waals surface area contributed by atoms with Crippen molar-refractivity contribution >= 4 is 11.8 Å². The Balaban J connectivity index is 1.94. The second-order valence-corrected chi connectivity index (χ2v) is 7.04. The summed E-state index contributed by atoms with van der Waals surface area (Å²) < 4.78 is 0. The van der Waals surface area contributed by atoms with E-state index in [1.165, 1.54) is 0 Å². The molecular weight excluding hydrogens is 242 g/mol. The maximum absolute atomic E-state index is 12.1. The number of likely N-dealkylation sites (tertiary alicyclic amines) is 1. The molecule has 19 heavy (non-hydrogen) atoms. The largest absolute Gasteiger partial charge is 0.351 e. The molecule has 0 radical (unpaired) electrons. The summed E-state index contributed by atoms with van der Waals surface area (Å²) in [6.07, 6.45) is 1.43. The number of nitrogens with one attached hydrogen (secondary N) is 1. The lowest BCUT2D eigenvalue weighted by molar-refractivity contribution is -0.138. The van der Waals surface area contributed by atoms with Gasteiger partial charge in [-0.05, 0) is 6.42 Å². The van der Waals surface area contributed by atoms with Crippen molar-refractivity contribution in [2.24, 2.45) is 16.6 Å². The summed E-state index contributed by atoms with van der Waals surface area (Å²) in [4.78, 5) is 25.2. The van der Waals surface area contributed by atoms with Gasteiger partial charge in [0.1, 0.15) is 0 Å². The highest BCUT2D eigenvalue weighted by Gasteiger charge is 2.60. The maximum Gasteiger partial charge on any atom is 0.239 e. The van der Waals surface area contributed by atoms with Gasteiger partial charge >= 0.3 is 0 Å². The molecule has 108 valence electrons. The second-order valence-electron chi connectivity index (χ2n) is 7.04. The van der Waals surface area contributed by atoms with Crippen LogP contribution in [0.4, 0.5) is 0 Å². The lowest BCUT2D eigenvalue weighted by Gasteiger charge is -2.62. The molecule has 1 aliphatic carbocycles. The minimum absolute atomic E-state index is 0.0557. The molecule has 2 amide bonds. The predicted molar refractivity (Wildman–Crippen MR) is 73.3 cm³/mol. The lowest BCUT2D eigenvalue weighted by Crippen LogP contribution is -2.76. The highest BCUT2D eigenvalue weighted by Crippen LogP contribution is 2.52. The van der Waals surface area contributed by atoms with E-state index in [0.717, 1.165) is 6.42 Å². The number of nitrogens with zero attached hydrogens (tertiary/aromatic N) is 1. The van der Waals surface area contributed by atoms with Crippen LogP contribution < -0.4 is 11.1 Å². The van der Waals surface area contributed by atoms with Gasteiger partial charge in [0, 0.05) is 35.9 Å². The first-order valence-electron chi connectivity index (χ1n) is 7.00. The highest BCUT2D eigenvalue weighted by atomic mass is 16.2. The van der Waals surface area contributed by atoms with Crippen LogP contribution in [0.5, 0.6) is 0 Å². The van der Waals surface area contributed by atoms with Gasteiger partial charge in [0.05, 0.1) is 6.54 Å². The molecule has 0 atom stereocenters. The van der Waals surface area contributed by atoms with Crippen LogP contribution in [0.3, 0.4) is 0 Å². The molecule has 1 heterocycles. The number of hydrogen-bond donors (Lipinski definition) is 2. The topological polar surface area (TPSA) is 75.4 Å². The summed E-state index contributed by atoms with van der Waals surface area (Å²) in [5, 5.41) is 3.06. The van der Waals surface area contributed by atoms with Crippen LogP contribution >= 0.6 is 0 Å². The van der Waals surface area contributed by atoms with Crippen LogP contribution in [0.15, 0.2) is 0 Å². The summed E-state index contributed by atoms with van der Waals surface area (Å²) >= 11 is 0. The average molecular weight is 267 g/mol. The number of carbonyl (C=O) groups is 2. The van der Waals surface area contributed by atoms with Crippen LogP contribution in [0, 0.1) is 10.8 Å². The molecular formula is C14H25N3O2. The first kappa shape index (κ1) is 14.3. The fourth-order valence-electron chi connectivity index (χ4n) is 3.80. The smallest absolute Gasteiger partial charge is 0.239 e. The van der Waals surface area contributed by atoms with Crippen molar-refractivity contribution in [3.8, 4) is 0 Å². The number of hydrogen-bond acceptors (Lipinski definition) is 3. The molecule has 0 aromatic heterocycles. The fourth-order valence-corrected chi connectivity index (χ4v) is 3.80. The normalized spacial score (nSPS) is 32.1. The van der Waals surface area contributed by atoms with Crippen LogP contribution in [-0.2, 0) is 9.59 Å². The Hall–Kier alpha value is -1.10. The summed E-state index contributed by atoms with van der Waals surface area (Å²) in [6.45, 7) is 9.19. The molecule has 1 saturated heterocycles. The van der Waals surface area contributed by atoms with Gasteiger partial charge in [-0.2, -0.15) is 0 Å². The third-order valence-corrected chi connectivity index (χ3v) is 4.90. The van der Waals surface area contributed by atoms with E-state index in [2.05, 4.69) is 33.0 Å². The third kappa shape index (κ3) is 2.24. The second kappa shape index (κ2) is 4.47. The van der Waals surface area contributed by atoms with Crippen molar-refractivity contribution in [1.82, 2.24) is 10.2 Å². The molecule has 2 aliphatic rings. The SMILES string of the molecule is CC1(C)C(N)C(C)(C)C1NC(=O)CN1CCCC1=O. The van der Waals surface area contributed by atoms with Gasteiger partial charge < -0.3 is 16.0 Å². The summed E-state index contributed by atoms with van der Waals surface area (Å²) in [6, 6.07) is 0.124. The van der Waals surface area contributed by atoms with E-state index in [-0.39, 0.29) is 41.3 Å². The number of rotatable bonds is 3. The third-order valence-electron chi connectivity index (χ3n) is 4.90. The van der Waals surface area contributed by atoms with Crippen LogP contribution in [-0.4, -0.2) is 41.9 Å². The van der Waals surface area contributed by atoms with Crippen LogP contribution in [0.1, 0.15) is 40.5 Å². The zero-order valence-corrected chi connectivity index (χ0v) is 12.3. The molecule has 0 aromatic rings. The molecule has 1 saturated carbocycles. The fraction of sp³-hybridized carbons (Fsp3) is 0.857. The van der Waals surface area contributed by atoms with Gasteiger partial charge in [0.15, 0.2) is 0 Å². The number of carbonyl (C=O) groups excluding carboxylic acids is 2. The Morgan fingerprint density at radius 3 is 2.42 bits per heavy atom. The van der Waals surface area contributed by atoms with Gasteiger partial charge in [-0.25, -0.2) is 0 Å². The van der Waals surface area contributed by atoms with Gasteiger partial charge in [-0.3, -0.25) is 9.59 Å². The first-order chi connectivity index (χ1) is 8.67.